The largest absolute Gasteiger partial charge is 0.455 e. The Morgan fingerprint density at radius 1 is 0.412 bits per heavy atom. The van der Waals surface area contributed by atoms with Gasteiger partial charge in [0.05, 0.1) is 0 Å². The van der Waals surface area contributed by atoms with Crippen LogP contribution in [0.25, 0.3) is 88.8 Å². The number of allylic oxidation sites excluding steroid dienone is 4. The van der Waals surface area contributed by atoms with Crippen LogP contribution >= 0.6 is 0 Å². The quantitative estimate of drug-likeness (QED) is 0.185. The van der Waals surface area contributed by atoms with Gasteiger partial charge in [0.1, 0.15) is 11.2 Å². The summed E-state index contributed by atoms with van der Waals surface area (Å²) in [6, 6.07) is 52.6. The van der Waals surface area contributed by atoms with Crippen LogP contribution in [0.5, 0.6) is 0 Å². The van der Waals surface area contributed by atoms with Gasteiger partial charge >= 0.3 is 0 Å². The lowest BCUT2D eigenvalue weighted by Gasteiger charge is -2.18. The topological polar surface area (TPSA) is 51.8 Å². The molecule has 0 amide bonds. The molecular formula is C47H31N3O. The van der Waals surface area contributed by atoms with E-state index in [9.17, 15) is 0 Å². The van der Waals surface area contributed by atoms with E-state index in [0.717, 1.165) is 56.9 Å². The molecule has 1 aliphatic carbocycles. The minimum absolute atomic E-state index is 0.626. The molecule has 0 N–H and O–H groups in total. The summed E-state index contributed by atoms with van der Waals surface area (Å²) in [6.07, 6.45) is 6.53. The first-order valence-corrected chi connectivity index (χ1v) is 17.4. The van der Waals surface area contributed by atoms with Gasteiger partial charge in [-0.3, -0.25) is 0 Å². The monoisotopic (exact) mass is 653 g/mol. The summed E-state index contributed by atoms with van der Waals surface area (Å²) >= 11 is 0. The highest BCUT2D eigenvalue weighted by Gasteiger charge is 2.21. The number of hydrogen-bond acceptors (Lipinski definition) is 4. The van der Waals surface area contributed by atoms with Gasteiger partial charge in [-0.15, -0.1) is 0 Å². The van der Waals surface area contributed by atoms with Crippen LogP contribution in [0.3, 0.4) is 0 Å². The first-order valence-electron chi connectivity index (χ1n) is 17.4. The van der Waals surface area contributed by atoms with E-state index < -0.39 is 0 Å². The lowest BCUT2D eigenvalue weighted by Crippen LogP contribution is -2.00. The Morgan fingerprint density at radius 2 is 0.980 bits per heavy atom. The first kappa shape index (κ1) is 29.3. The molecule has 7 aromatic carbocycles. The number of furan rings is 1. The van der Waals surface area contributed by atoms with Crippen molar-refractivity contribution in [2.24, 2.45) is 0 Å². The summed E-state index contributed by atoms with van der Waals surface area (Å²) in [5, 5.41) is 7.02. The summed E-state index contributed by atoms with van der Waals surface area (Å²) in [5.74, 6) is 1.91. The molecular weight excluding hydrogens is 623 g/mol. The van der Waals surface area contributed by atoms with Crippen LogP contribution in [0.1, 0.15) is 24.0 Å². The number of fused-ring (bicyclic) bond motifs is 6. The van der Waals surface area contributed by atoms with E-state index in [1.165, 1.54) is 38.4 Å². The van der Waals surface area contributed by atoms with E-state index in [0.29, 0.717) is 17.5 Å². The summed E-state index contributed by atoms with van der Waals surface area (Å²) in [7, 11) is 0. The van der Waals surface area contributed by atoms with Gasteiger partial charge in [-0.05, 0) is 75.5 Å². The zero-order chi connectivity index (χ0) is 33.7. The third kappa shape index (κ3) is 5.12. The summed E-state index contributed by atoms with van der Waals surface area (Å²) in [5.41, 5.74) is 9.75. The maximum atomic E-state index is 6.72. The van der Waals surface area contributed by atoms with Crippen LogP contribution in [0.2, 0.25) is 0 Å². The minimum atomic E-state index is 0.626. The van der Waals surface area contributed by atoms with E-state index in [1.54, 1.807) is 0 Å². The van der Waals surface area contributed by atoms with Crippen molar-refractivity contribution in [3.05, 3.63) is 175 Å². The van der Waals surface area contributed by atoms with Gasteiger partial charge in [-0.1, -0.05) is 140 Å². The first-order chi connectivity index (χ1) is 25.3. The van der Waals surface area contributed by atoms with Crippen LogP contribution in [0, 0.1) is 0 Å². The Kier molecular flexibility index (Phi) is 6.91. The van der Waals surface area contributed by atoms with E-state index >= 15 is 0 Å². The second-order valence-electron chi connectivity index (χ2n) is 13.1. The van der Waals surface area contributed by atoms with Gasteiger partial charge < -0.3 is 4.42 Å². The molecule has 2 heterocycles. The molecule has 0 atom stereocenters. The van der Waals surface area contributed by atoms with Crippen molar-refractivity contribution in [1.82, 2.24) is 15.0 Å². The highest BCUT2D eigenvalue weighted by Crippen LogP contribution is 2.43. The van der Waals surface area contributed by atoms with Crippen LogP contribution in [0.4, 0.5) is 0 Å². The van der Waals surface area contributed by atoms with E-state index in [-0.39, 0.29) is 0 Å². The summed E-state index contributed by atoms with van der Waals surface area (Å²) < 4.78 is 6.72. The number of rotatable bonds is 5. The minimum Gasteiger partial charge on any atom is -0.455 e. The normalized spacial score (nSPS) is 13.2. The predicted octanol–water partition coefficient (Wildman–Crippen LogP) is 12.3. The fourth-order valence-electron chi connectivity index (χ4n) is 7.53. The Morgan fingerprint density at radius 3 is 1.67 bits per heavy atom. The van der Waals surface area contributed by atoms with Crippen molar-refractivity contribution in [2.75, 3.05) is 0 Å². The highest BCUT2D eigenvalue weighted by atomic mass is 16.3. The molecule has 9 aromatic rings. The van der Waals surface area contributed by atoms with Gasteiger partial charge in [-0.2, -0.15) is 0 Å². The zero-order valence-corrected chi connectivity index (χ0v) is 27.8. The standard InChI is InChI=1S/C47H31N3O/c1-3-13-33(14-4-1)45-48-46(34-15-5-2-6-16-34)50-47(49-45)36-26-27-42-41(29-36)43-40(28-35-17-8-10-20-39(35)44(43)51-42)32-24-22-31(23-25-32)38-21-11-18-30-12-7-9-19-37(30)38/h1-22,24,26-29H,23,25H2. The average Bonchev–Trinajstić information content (AvgIpc) is 3.60. The molecule has 240 valence electrons. The number of aromatic nitrogens is 3. The molecule has 0 aliphatic heterocycles. The third-order valence-electron chi connectivity index (χ3n) is 10.1. The van der Waals surface area contributed by atoms with Crippen molar-refractivity contribution < 1.29 is 4.42 Å². The van der Waals surface area contributed by atoms with E-state index in [4.69, 9.17) is 19.4 Å². The van der Waals surface area contributed by atoms with Crippen LogP contribution in [0.15, 0.2) is 168 Å². The third-order valence-corrected chi connectivity index (χ3v) is 10.1. The van der Waals surface area contributed by atoms with Gasteiger partial charge in [0.25, 0.3) is 0 Å². The molecule has 51 heavy (non-hydrogen) atoms. The van der Waals surface area contributed by atoms with Gasteiger partial charge in [0, 0.05) is 32.8 Å². The highest BCUT2D eigenvalue weighted by molar-refractivity contribution is 6.20. The molecule has 4 nitrogen and oxygen atoms in total. The maximum Gasteiger partial charge on any atom is 0.164 e. The fourth-order valence-corrected chi connectivity index (χ4v) is 7.53. The van der Waals surface area contributed by atoms with Crippen LogP contribution < -0.4 is 0 Å². The number of nitrogens with zero attached hydrogens (tertiary/aromatic N) is 3. The molecule has 4 heteroatoms. The van der Waals surface area contributed by atoms with E-state index in [1.807, 2.05) is 60.7 Å². The fraction of sp³-hybridized carbons (Fsp3) is 0.0426. The van der Waals surface area contributed by atoms with Crippen molar-refractivity contribution in [3.63, 3.8) is 0 Å². The smallest absolute Gasteiger partial charge is 0.164 e. The SMILES string of the molecule is C1=C(c2cccc3ccccc23)CCC(c2cc3ccccc3c3oc4ccc(-c5nc(-c6ccccc6)nc(-c6ccccc6)n5)cc4c23)=C1. The molecule has 0 spiro atoms. The molecule has 0 bridgehead atoms. The molecule has 0 fully saturated rings. The molecule has 0 unspecified atom stereocenters. The van der Waals surface area contributed by atoms with Crippen molar-refractivity contribution >= 4 is 54.6 Å². The maximum absolute atomic E-state index is 6.72. The molecule has 10 rings (SSSR count). The predicted molar refractivity (Wildman–Crippen MR) is 210 cm³/mol. The zero-order valence-electron chi connectivity index (χ0n) is 27.8. The Labute approximate surface area is 295 Å². The molecule has 2 aromatic heterocycles. The van der Waals surface area contributed by atoms with Crippen molar-refractivity contribution in [1.29, 1.82) is 0 Å². The Bertz CT molecular complexity index is 2790. The summed E-state index contributed by atoms with van der Waals surface area (Å²) in [6.45, 7) is 0. The lowest BCUT2D eigenvalue weighted by atomic mass is 9.86. The molecule has 1 aliphatic rings. The van der Waals surface area contributed by atoms with E-state index in [2.05, 4.69) is 103 Å². The summed E-state index contributed by atoms with van der Waals surface area (Å²) in [4.78, 5) is 14.9. The number of benzene rings is 7. The Balaban J connectivity index is 1.16. The second-order valence-corrected chi connectivity index (χ2v) is 13.1. The molecule has 0 saturated heterocycles. The van der Waals surface area contributed by atoms with Gasteiger partial charge in [0.15, 0.2) is 17.5 Å². The Hall–Kier alpha value is -6.65. The van der Waals surface area contributed by atoms with Gasteiger partial charge in [-0.25, -0.2) is 15.0 Å². The van der Waals surface area contributed by atoms with Crippen molar-refractivity contribution in [3.8, 4) is 34.2 Å². The second kappa shape index (κ2) is 12.0. The van der Waals surface area contributed by atoms with Gasteiger partial charge in [0.2, 0.25) is 0 Å². The molecule has 0 radical (unpaired) electrons. The average molecular weight is 654 g/mol. The van der Waals surface area contributed by atoms with Crippen molar-refractivity contribution in [2.45, 2.75) is 12.8 Å². The lowest BCUT2D eigenvalue weighted by molar-refractivity contribution is 0.672. The number of hydrogen-bond donors (Lipinski definition) is 0. The molecule has 0 saturated carbocycles. The van der Waals surface area contributed by atoms with Crippen LogP contribution in [-0.4, -0.2) is 15.0 Å². The van der Waals surface area contributed by atoms with Crippen LogP contribution in [-0.2, 0) is 0 Å².